The van der Waals surface area contributed by atoms with Crippen LogP contribution in [0, 0.1) is 21.4 Å². The van der Waals surface area contributed by atoms with Crippen LogP contribution in [0.2, 0.25) is 0 Å². The summed E-state index contributed by atoms with van der Waals surface area (Å²) in [5, 5.41) is 32.2. The van der Waals surface area contributed by atoms with E-state index in [0.29, 0.717) is 17.0 Å². The van der Waals surface area contributed by atoms with Gasteiger partial charge in [-0.1, -0.05) is 15.9 Å². The van der Waals surface area contributed by atoms with E-state index >= 15 is 0 Å². The number of phenols is 1. The van der Waals surface area contributed by atoms with Gasteiger partial charge in [0, 0.05) is 27.9 Å². The van der Waals surface area contributed by atoms with Gasteiger partial charge in [-0.2, -0.15) is 5.26 Å². The van der Waals surface area contributed by atoms with Crippen LogP contribution in [0.4, 0.5) is 11.4 Å². The number of ether oxygens (including phenoxy) is 1. The number of rotatable bonds is 7. The molecule has 0 heterocycles. The van der Waals surface area contributed by atoms with Crippen LogP contribution in [0.3, 0.4) is 0 Å². The molecule has 9 heteroatoms. The minimum Gasteiger partial charge on any atom is -0.508 e. The number of phenolic OH excluding ortho intramolecular Hbond substituents is 1. The number of nitrogens with zero attached hydrogens (tertiary/aromatic N) is 2. The summed E-state index contributed by atoms with van der Waals surface area (Å²) < 4.78 is 6.56. The van der Waals surface area contributed by atoms with Crippen LogP contribution in [0.1, 0.15) is 11.1 Å². The van der Waals surface area contributed by atoms with Gasteiger partial charge in [0.05, 0.1) is 4.92 Å². The van der Waals surface area contributed by atoms with E-state index in [9.17, 15) is 25.3 Å². The van der Waals surface area contributed by atoms with Gasteiger partial charge >= 0.3 is 0 Å². The second kappa shape index (κ2) is 10.2. The van der Waals surface area contributed by atoms with Crippen molar-refractivity contribution in [3.8, 4) is 17.6 Å². The Labute approximate surface area is 191 Å². The third-order valence-electron chi connectivity index (χ3n) is 4.30. The Balaban J connectivity index is 1.79. The number of non-ortho nitro benzene ring substituents is 1. The Morgan fingerprint density at radius 3 is 2.47 bits per heavy atom. The highest BCUT2D eigenvalue weighted by Crippen LogP contribution is 2.27. The number of carbonyl (C=O) groups is 1. The number of hydrogen-bond donors (Lipinski definition) is 2. The van der Waals surface area contributed by atoms with Gasteiger partial charge in [0.25, 0.3) is 11.6 Å². The molecule has 160 valence electrons. The summed E-state index contributed by atoms with van der Waals surface area (Å²) in [5.74, 6) is -0.126. The maximum absolute atomic E-state index is 12.5. The number of nitrogens with one attached hydrogen (secondary N) is 1. The highest BCUT2D eigenvalue weighted by Gasteiger charge is 2.12. The van der Waals surface area contributed by atoms with Crippen molar-refractivity contribution >= 4 is 39.3 Å². The van der Waals surface area contributed by atoms with Gasteiger partial charge in [-0.05, 0) is 66.2 Å². The summed E-state index contributed by atoms with van der Waals surface area (Å²) in [4.78, 5) is 22.8. The van der Waals surface area contributed by atoms with E-state index in [1.165, 1.54) is 42.5 Å². The molecule has 0 saturated carbocycles. The molecule has 0 aliphatic rings. The maximum atomic E-state index is 12.5. The van der Waals surface area contributed by atoms with Crippen molar-refractivity contribution in [2.75, 3.05) is 5.32 Å². The van der Waals surface area contributed by atoms with Gasteiger partial charge in [-0.15, -0.1) is 0 Å². The standard InChI is InChI=1S/C23H16BrN3O5/c24-18-3-10-22(32-14-15-1-6-20(7-2-15)27(30)31)16(12-18)11-17(13-25)23(29)26-19-4-8-21(28)9-5-19/h1-12,28H,14H2,(H,26,29)/b17-11+. The fraction of sp³-hybridized carbons (Fsp3) is 0.0435. The highest BCUT2D eigenvalue weighted by molar-refractivity contribution is 9.10. The van der Waals surface area contributed by atoms with E-state index in [1.807, 2.05) is 6.07 Å². The Bertz CT molecular complexity index is 1220. The maximum Gasteiger partial charge on any atom is 0.269 e. The SMILES string of the molecule is N#C/C(=C\c1cc(Br)ccc1OCc1ccc([N+](=O)[O-])cc1)C(=O)Nc1ccc(O)cc1. The Morgan fingerprint density at radius 2 is 1.84 bits per heavy atom. The van der Waals surface area contributed by atoms with Gasteiger partial charge in [0.2, 0.25) is 0 Å². The van der Waals surface area contributed by atoms with Gasteiger partial charge < -0.3 is 15.2 Å². The number of aromatic hydroxyl groups is 1. The van der Waals surface area contributed by atoms with E-state index in [0.717, 1.165) is 10.0 Å². The topological polar surface area (TPSA) is 125 Å². The minimum atomic E-state index is -0.612. The lowest BCUT2D eigenvalue weighted by molar-refractivity contribution is -0.384. The molecule has 0 unspecified atom stereocenters. The van der Waals surface area contributed by atoms with Crippen LogP contribution >= 0.6 is 15.9 Å². The number of halogens is 1. The first-order chi connectivity index (χ1) is 15.4. The quantitative estimate of drug-likeness (QED) is 0.153. The molecule has 32 heavy (non-hydrogen) atoms. The van der Waals surface area contributed by atoms with Crippen LogP contribution in [0.15, 0.2) is 76.8 Å². The summed E-state index contributed by atoms with van der Waals surface area (Å²) in [6.07, 6.45) is 1.41. The van der Waals surface area contributed by atoms with Gasteiger partial charge in [-0.25, -0.2) is 0 Å². The number of amides is 1. The van der Waals surface area contributed by atoms with Crippen molar-refractivity contribution in [2.24, 2.45) is 0 Å². The van der Waals surface area contributed by atoms with Gasteiger partial charge in [-0.3, -0.25) is 14.9 Å². The fourth-order valence-electron chi connectivity index (χ4n) is 2.69. The molecule has 0 aliphatic carbocycles. The third-order valence-corrected chi connectivity index (χ3v) is 4.80. The van der Waals surface area contributed by atoms with E-state index in [-0.39, 0.29) is 23.6 Å². The predicted molar refractivity (Wildman–Crippen MR) is 122 cm³/mol. The van der Waals surface area contributed by atoms with E-state index in [1.54, 1.807) is 30.3 Å². The Kier molecular flexibility index (Phi) is 7.21. The van der Waals surface area contributed by atoms with E-state index in [2.05, 4.69) is 21.2 Å². The lowest BCUT2D eigenvalue weighted by Gasteiger charge is -2.11. The molecule has 0 aromatic heterocycles. The van der Waals surface area contributed by atoms with Crippen LogP contribution < -0.4 is 10.1 Å². The normalized spacial score (nSPS) is 10.8. The molecular weight excluding hydrogens is 478 g/mol. The average molecular weight is 494 g/mol. The van der Waals surface area contributed by atoms with Crippen LogP contribution in [-0.2, 0) is 11.4 Å². The van der Waals surface area contributed by atoms with Gasteiger partial charge in [0.1, 0.15) is 29.7 Å². The number of nitriles is 1. The van der Waals surface area contributed by atoms with Gasteiger partial charge in [0.15, 0.2) is 0 Å². The largest absolute Gasteiger partial charge is 0.508 e. The number of benzene rings is 3. The molecule has 0 bridgehead atoms. The van der Waals surface area contributed by atoms with E-state index in [4.69, 9.17) is 4.74 Å². The Morgan fingerprint density at radius 1 is 1.16 bits per heavy atom. The molecule has 3 rings (SSSR count). The molecule has 0 saturated heterocycles. The summed E-state index contributed by atoms with van der Waals surface area (Å²) in [6, 6.07) is 18.9. The second-order valence-electron chi connectivity index (χ2n) is 6.57. The zero-order valence-electron chi connectivity index (χ0n) is 16.5. The number of hydrogen-bond acceptors (Lipinski definition) is 6. The van der Waals surface area contributed by atoms with Crippen molar-refractivity contribution in [2.45, 2.75) is 6.61 Å². The fourth-order valence-corrected chi connectivity index (χ4v) is 3.06. The lowest BCUT2D eigenvalue weighted by Crippen LogP contribution is -2.13. The van der Waals surface area contributed by atoms with Crippen LogP contribution in [0.5, 0.6) is 11.5 Å². The molecule has 2 N–H and O–H groups in total. The molecule has 1 amide bonds. The monoisotopic (exact) mass is 493 g/mol. The van der Waals surface area contributed by atoms with Crippen molar-refractivity contribution in [3.05, 3.63) is 98.0 Å². The Hall–Kier alpha value is -4.16. The summed E-state index contributed by atoms with van der Waals surface area (Å²) >= 11 is 3.37. The molecule has 0 spiro atoms. The minimum absolute atomic E-state index is 0.0145. The van der Waals surface area contributed by atoms with Crippen molar-refractivity contribution in [1.29, 1.82) is 5.26 Å². The van der Waals surface area contributed by atoms with Crippen molar-refractivity contribution in [3.63, 3.8) is 0 Å². The molecule has 0 aliphatic heterocycles. The summed E-state index contributed by atoms with van der Waals surface area (Å²) in [7, 11) is 0. The average Bonchev–Trinajstić information content (AvgIpc) is 2.78. The number of carbonyl (C=O) groups excluding carboxylic acids is 1. The summed E-state index contributed by atoms with van der Waals surface area (Å²) in [5.41, 5.74) is 1.49. The smallest absolute Gasteiger partial charge is 0.269 e. The first-order valence-corrected chi connectivity index (χ1v) is 10.0. The summed E-state index contributed by atoms with van der Waals surface area (Å²) in [6.45, 7) is 0.141. The number of nitro groups is 1. The highest BCUT2D eigenvalue weighted by atomic mass is 79.9. The first kappa shape index (κ1) is 22.5. The predicted octanol–water partition coefficient (Wildman–Crippen LogP) is 5.19. The van der Waals surface area contributed by atoms with Crippen LogP contribution in [-0.4, -0.2) is 15.9 Å². The molecule has 0 radical (unpaired) electrons. The molecular formula is C23H16BrN3O5. The molecule has 3 aromatic carbocycles. The molecule has 8 nitrogen and oxygen atoms in total. The zero-order chi connectivity index (χ0) is 23.1. The molecule has 3 aromatic rings. The number of nitro benzene ring substituents is 1. The van der Waals surface area contributed by atoms with Crippen molar-refractivity contribution in [1.82, 2.24) is 0 Å². The van der Waals surface area contributed by atoms with Crippen molar-refractivity contribution < 1.29 is 19.6 Å². The van der Waals surface area contributed by atoms with Crippen LogP contribution in [0.25, 0.3) is 6.08 Å². The number of anilines is 1. The lowest BCUT2D eigenvalue weighted by atomic mass is 10.1. The van der Waals surface area contributed by atoms with E-state index < -0.39 is 10.8 Å². The molecule has 0 atom stereocenters. The third kappa shape index (κ3) is 5.93. The first-order valence-electron chi connectivity index (χ1n) is 9.23. The molecule has 0 fully saturated rings. The zero-order valence-corrected chi connectivity index (χ0v) is 18.1. The second-order valence-corrected chi connectivity index (χ2v) is 7.48.